The quantitative estimate of drug-likeness (QED) is 0.684. The number of anilines is 2. The zero-order valence-corrected chi connectivity index (χ0v) is 16.5. The van der Waals surface area contributed by atoms with Crippen LogP contribution >= 0.6 is 0 Å². The van der Waals surface area contributed by atoms with Gasteiger partial charge in [-0.15, -0.1) is 0 Å². The van der Waals surface area contributed by atoms with Crippen LogP contribution in [0.3, 0.4) is 0 Å². The zero-order chi connectivity index (χ0) is 20.0. The Morgan fingerprint density at radius 2 is 2.03 bits per heavy atom. The van der Waals surface area contributed by atoms with E-state index < -0.39 is 12.0 Å². The van der Waals surface area contributed by atoms with Crippen LogP contribution in [0.5, 0.6) is 5.75 Å². The highest BCUT2D eigenvalue weighted by Gasteiger charge is 2.36. The highest BCUT2D eigenvalue weighted by molar-refractivity contribution is 5.89. The van der Waals surface area contributed by atoms with Crippen molar-refractivity contribution in [2.45, 2.75) is 44.7 Å². The molecular weight excluding hydrogens is 372 g/mol. The number of carboxylic acids is 1. The Morgan fingerprint density at radius 3 is 2.72 bits per heavy atom. The van der Waals surface area contributed by atoms with Gasteiger partial charge in [0.05, 0.1) is 12.1 Å². The Morgan fingerprint density at radius 1 is 1.24 bits per heavy atom. The molecule has 1 aliphatic carbocycles. The van der Waals surface area contributed by atoms with Crippen molar-refractivity contribution in [1.29, 1.82) is 0 Å². The number of hydrogen-bond acceptors (Lipinski definition) is 6. The van der Waals surface area contributed by atoms with Gasteiger partial charge in [-0.1, -0.05) is 0 Å². The van der Waals surface area contributed by atoms with Gasteiger partial charge in [0.15, 0.2) is 0 Å². The van der Waals surface area contributed by atoms with Crippen LogP contribution in [0.25, 0.3) is 11.0 Å². The standard InChI is InChI=1S/C21H28N4O4/c26-12-13-4-7-24(8-5-13)21-23-16-10-15(22-18(20(27)28)14-2-3-14)11-17-19(16)25(21)6-1-9-29-17/h10-11,13-14,18,22,26H,1-9,12H2,(H,27,28)/t18-/m0/s1. The minimum absolute atomic E-state index is 0.198. The van der Waals surface area contributed by atoms with Crippen LogP contribution in [-0.2, 0) is 11.3 Å². The van der Waals surface area contributed by atoms with Gasteiger partial charge in [0.25, 0.3) is 0 Å². The molecule has 2 aromatic rings. The monoisotopic (exact) mass is 400 g/mol. The van der Waals surface area contributed by atoms with E-state index in [4.69, 9.17) is 9.72 Å². The van der Waals surface area contributed by atoms with E-state index in [1.165, 1.54) is 0 Å². The summed E-state index contributed by atoms with van der Waals surface area (Å²) in [6.07, 6.45) is 4.76. The summed E-state index contributed by atoms with van der Waals surface area (Å²) in [6, 6.07) is 3.31. The SMILES string of the molecule is O=C(O)[C@@H](Nc1cc2c3c(c1)nc(N1CCC(CO)CC1)n3CCCO2)C1CC1. The summed E-state index contributed by atoms with van der Waals surface area (Å²) >= 11 is 0. The van der Waals surface area contributed by atoms with Crippen molar-refractivity contribution in [3.05, 3.63) is 12.1 Å². The molecule has 3 N–H and O–H groups in total. The first-order valence-electron chi connectivity index (χ1n) is 10.7. The highest BCUT2D eigenvalue weighted by atomic mass is 16.5. The first-order chi connectivity index (χ1) is 14.1. The second-order valence-corrected chi connectivity index (χ2v) is 8.52. The molecule has 2 aliphatic heterocycles. The third-order valence-corrected chi connectivity index (χ3v) is 6.41. The smallest absolute Gasteiger partial charge is 0.326 e. The summed E-state index contributed by atoms with van der Waals surface area (Å²) in [5.74, 6) is 1.50. The molecule has 8 nitrogen and oxygen atoms in total. The Hall–Kier alpha value is -2.48. The molecule has 3 aliphatic rings. The highest BCUT2D eigenvalue weighted by Crippen LogP contribution is 2.39. The number of aliphatic hydroxyl groups excluding tert-OH is 1. The minimum atomic E-state index is -0.808. The Bertz CT molecular complexity index is 915. The summed E-state index contributed by atoms with van der Waals surface area (Å²) in [5.41, 5.74) is 2.58. The predicted octanol–water partition coefficient (Wildman–Crippen LogP) is 2.30. The lowest BCUT2D eigenvalue weighted by molar-refractivity contribution is -0.138. The van der Waals surface area contributed by atoms with Crippen LogP contribution in [-0.4, -0.2) is 58.1 Å². The summed E-state index contributed by atoms with van der Waals surface area (Å²) in [4.78, 5) is 18.9. The normalized spacial score (nSPS) is 20.9. The molecule has 1 saturated heterocycles. The number of hydrogen-bond donors (Lipinski definition) is 3. The molecule has 1 aromatic heterocycles. The topological polar surface area (TPSA) is 99.9 Å². The minimum Gasteiger partial charge on any atom is -0.491 e. The number of aryl methyl sites for hydroxylation is 1. The van der Waals surface area contributed by atoms with Crippen molar-refractivity contribution in [3.63, 3.8) is 0 Å². The van der Waals surface area contributed by atoms with E-state index in [2.05, 4.69) is 14.8 Å². The first-order valence-corrected chi connectivity index (χ1v) is 10.7. The fourth-order valence-electron chi connectivity index (χ4n) is 4.57. The molecule has 1 saturated carbocycles. The lowest BCUT2D eigenvalue weighted by Gasteiger charge is -2.32. The van der Waals surface area contributed by atoms with Crippen molar-refractivity contribution in [2.75, 3.05) is 36.5 Å². The third-order valence-electron chi connectivity index (χ3n) is 6.41. The van der Waals surface area contributed by atoms with Crippen LogP contribution in [0.1, 0.15) is 32.1 Å². The number of carbonyl (C=O) groups is 1. The number of imidazole rings is 1. The maximum Gasteiger partial charge on any atom is 0.326 e. The van der Waals surface area contributed by atoms with Gasteiger partial charge in [-0.05, 0) is 50.0 Å². The third kappa shape index (κ3) is 3.50. The van der Waals surface area contributed by atoms with Gasteiger partial charge in [0.2, 0.25) is 5.95 Å². The number of aliphatic hydroxyl groups is 1. The molecule has 29 heavy (non-hydrogen) atoms. The van der Waals surface area contributed by atoms with Gasteiger partial charge in [0.1, 0.15) is 17.3 Å². The van der Waals surface area contributed by atoms with Gasteiger partial charge in [0, 0.05) is 38.0 Å². The van der Waals surface area contributed by atoms with E-state index in [1.807, 2.05) is 12.1 Å². The Balaban J connectivity index is 1.50. The van der Waals surface area contributed by atoms with Crippen LogP contribution in [0, 0.1) is 11.8 Å². The molecule has 0 bridgehead atoms. The number of nitrogens with zero attached hydrogens (tertiary/aromatic N) is 3. The maximum atomic E-state index is 11.6. The lowest BCUT2D eigenvalue weighted by atomic mass is 9.98. The summed E-state index contributed by atoms with van der Waals surface area (Å²) in [7, 11) is 0. The molecule has 0 spiro atoms. The largest absolute Gasteiger partial charge is 0.491 e. The lowest BCUT2D eigenvalue weighted by Crippen LogP contribution is -2.36. The molecule has 2 fully saturated rings. The molecule has 0 amide bonds. The maximum absolute atomic E-state index is 11.6. The van der Waals surface area contributed by atoms with Crippen LogP contribution in [0.2, 0.25) is 0 Å². The first kappa shape index (κ1) is 18.5. The number of rotatable bonds is 6. The van der Waals surface area contributed by atoms with Crippen LogP contribution < -0.4 is 15.0 Å². The van der Waals surface area contributed by atoms with Crippen molar-refractivity contribution in [1.82, 2.24) is 9.55 Å². The van der Waals surface area contributed by atoms with Crippen molar-refractivity contribution >= 4 is 28.6 Å². The van der Waals surface area contributed by atoms with E-state index in [1.54, 1.807) is 0 Å². The Labute approximate surface area is 169 Å². The molecule has 1 aromatic carbocycles. The van der Waals surface area contributed by atoms with Gasteiger partial charge >= 0.3 is 5.97 Å². The number of nitrogens with one attached hydrogen (secondary N) is 1. The van der Waals surface area contributed by atoms with E-state index in [-0.39, 0.29) is 12.5 Å². The zero-order valence-electron chi connectivity index (χ0n) is 16.5. The molecule has 0 unspecified atom stereocenters. The number of benzene rings is 1. The van der Waals surface area contributed by atoms with E-state index >= 15 is 0 Å². The second-order valence-electron chi connectivity index (χ2n) is 8.52. The fraction of sp³-hybridized carbons (Fsp3) is 0.619. The van der Waals surface area contributed by atoms with Crippen molar-refractivity contribution in [3.8, 4) is 5.75 Å². The Kier molecular flexibility index (Phi) is 4.73. The number of aliphatic carboxylic acids is 1. The summed E-state index contributed by atoms with van der Waals surface area (Å²) < 4.78 is 8.26. The average Bonchev–Trinajstić information content (AvgIpc) is 3.52. The van der Waals surface area contributed by atoms with E-state index in [0.29, 0.717) is 12.5 Å². The van der Waals surface area contributed by atoms with Gasteiger partial charge in [-0.2, -0.15) is 0 Å². The van der Waals surface area contributed by atoms with Crippen molar-refractivity contribution in [2.24, 2.45) is 11.8 Å². The number of aromatic nitrogens is 2. The molecule has 0 radical (unpaired) electrons. The fourth-order valence-corrected chi connectivity index (χ4v) is 4.57. The molecule has 5 rings (SSSR count). The average molecular weight is 400 g/mol. The molecule has 156 valence electrons. The van der Waals surface area contributed by atoms with Gasteiger partial charge in [-0.25, -0.2) is 9.78 Å². The van der Waals surface area contributed by atoms with Crippen LogP contribution in [0.15, 0.2) is 12.1 Å². The van der Waals surface area contributed by atoms with E-state index in [0.717, 1.165) is 80.2 Å². The predicted molar refractivity (Wildman–Crippen MR) is 110 cm³/mol. The second kappa shape index (κ2) is 7.40. The number of ether oxygens (including phenoxy) is 1. The number of carboxylic acid groups (broad SMARTS) is 1. The van der Waals surface area contributed by atoms with Crippen LogP contribution in [0.4, 0.5) is 11.6 Å². The summed E-state index contributed by atoms with van der Waals surface area (Å²) in [6.45, 7) is 3.52. The van der Waals surface area contributed by atoms with Gasteiger partial charge in [-0.3, -0.25) is 0 Å². The molecule has 3 heterocycles. The number of piperidine rings is 1. The van der Waals surface area contributed by atoms with Crippen molar-refractivity contribution < 1.29 is 19.7 Å². The molecule has 8 heteroatoms. The molecular formula is C21H28N4O4. The molecule has 1 atom stereocenters. The van der Waals surface area contributed by atoms with E-state index in [9.17, 15) is 15.0 Å². The summed E-state index contributed by atoms with van der Waals surface area (Å²) in [5, 5.41) is 22.2. The van der Waals surface area contributed by atoms with Gasteiger partial charge < -0.3 is 29.7 Å².